The first-order valence-corrected chi connectivity index (χ1v) is 9.21. The Balaban J connectivity index is 2.25. The molecule has 0 radical (unpaired) electrons. The van der Waals surface area contributed by atoms with E-state index in [-0.39, 0.29) is 10.6 Å². The van der Waals surface area contributed by atoms with Crippen molar-refractivity contribution in [2.75, 3.05) is 5.32 Å². The molecule has 0 fully saturated rings. The van der Waals surface area contributed by atoms with E-state index in [9.17, 15) is 26.4 Å². The van der Waals surface area contributed by atoms with Crippen LogP contribution in [0.5, 0.6) is 0 Å². The molecule has 0 aliphatic heterocycles. The van der Waals surface area contributed by atoms with Gasteiger partial charge in [0.1, 0.15) is 4.75 Å². The van der Waals surface area contributed by atoms with Crippen LogP contribution in [0, 0.1) is 0 Å². The number of nitrogens with one attached hydrogen (secondary N) is 1. The number of hydrogen-bond acceptors (Lipinski definition) is 3. The van der Waals surface area contributed by atoms with Gasteiger partial charge in [0.2, 0.25) is 5.91 Å². The van der Waals surface area contributed by atoms with Gasteiger partial charge in [-0.3, -0.25) is 4.79 Å². The van der Waals surface area contributed by atoms with E-state index >= 15 is 0 Å². The molecule has 2 aromatic rings. The fourth-order valence-corrected chi connectivity index (χ4v) is 3.56. The molecule has 0 aromatic heterocycles. The van der Waals surface area contributed by atoms with E-state index in [1.54, 1.807) is 0 Å². The molecular weight excluding hydrogens is 391 g/mol. The third-order valence-corrected chi connectivity index (χ3v) is 6.49. The Labute approximate surface area is 153 Å². The quantitative estimate of drug-likeness (QED) is 0.811. The number of carbonyl (C=O) groups is 1. The van der Waals surface area contributed by atoms with Crippen molar-refractivity contribution in [3.05, 3.63) is 59.1 Å². The normalized spacial score (nSPS) is 12.7. The highest BCUT2D eigenvalue weighted by Gasteiger charge is 2.43. The summed E-state index contributed by atoms with van der Waals surface area (Å²) in [6.45, 7) is 2.44. The van der Waals surface area contributed by atoms with Crippen LogP contribution in [0.4, 0.5) is 18.9 Å². The minimum Gasteiger partial charge on any atom is -0.325 e. The predicted octanol–water partition coefficient (Wildman–Crippen LogP) is 4.55. The van der Waals surface area contributed by atoms with Crippen LogP contribution in [-0.4, -0.2) is 19.1 Å². The molecule has 0 saturated heterocycles. The van der Waals surface area contributed by atoms with Gasteiger partial charge in [0.25, 0.3) is 0 Å². The van der Waals surface area contributed by atoms with Gasteiger partial charge in [-0.25, -0.2) is 8.42 Å². The number of alkyl halides is 3. The van der Waals surface area contributed by atoms with Crippen molar-refractivity contribution in [2.24, 2.45) is 0 Å². The summed E-state index contributed by atoms with van der Waals surface area (Å²) in [6.07, 6.45) is -4.50. The Bertz CT molecular complexity index is 906. The summed E-state index contributed by atoms with van der Waals surface area (Å²) >= 11 is 5.74. The number of amides is 1. The van der Waals surface area contributed by atoms with Crippen molar-refractivity contribution in [3.63, 3.8) is 0 Å². The van der Waals surface area contributed by atoms with Gasteiger partial charge in [0.15, 0.2) is 9.84 Å². The maximum Gasteiger partial charge on any atom is 0.416 e. The average Bonchev–Trinajstić information content (AvgIpc) is 2.54. The Hall–Kier alpha value is -2.06. The summed E-state index contributed by atoms with van der Waals surface area (Å²) in [6, 6.07) is 9.07. The molecule has 2 aromatic carbocycles. The topological polar surface area (TPSA) is 63.2 Å². The lowest BCUT2D eigenvalue weighted by Crippen LogP contribution is -2.44. The molecule has 0 unspecified atom stereocenters. The molecule has 4 nitrogen and oxygen atoms in total. The van der Waals surface area contributed by atoms with E-state index in [0.29, 0.717) is 5.02 Å². The Kier molecular flexibility index (Phi) is 5.39. The zero-order chi connectivity index (χ0) is 19.8. The van der Waals surface area contributed by atoms with Crippen LogP contribution in [0.1, 0.15) is 19.4 Å². The average molecular weight is 406 g/mol. The maximum atomic E-state index is 12.7. The predicted molar refractivity (Wildman–Crippen MR) is 92.8 cm³/mol. The van der Waals surface area contributed by atoms with E-state index in [1.807, 2.05) is 0 Å². The summed E-state index contributed by atoms with van der Waals surface area (Å²) < 4.78 is 61.3. The van der Waals surface area contributed by atoms with Gasteiger partial charge in [-0.15, -0.1) is 0 Å². The first-order chi connectivity index (χ1) is 11.9. The molecule has 0 bridgehead atoms. The van der Waals surface area contributed by atoms with Gasteiger partial charge in [-0.1, -0.05) is 11.6 Å². The summed E-state index contributed by atoms with van der Waals surface area (Å²) in [5.74, 6) is -0.868. The number of rotatable bonds is 4. The number of benzene rings is 2. The Morgan fingerprint density at radius 3 is 1.92 bits per heavy atom. The number of carbonyl (C=O) groups excluding carboxylic acids is 1. The maximum absolute atomic E-state index is 12.7. The molecule has 1 N–H and O–H groups in total. The highest BCUT2D eigenvalue weighted by atomic mass is 35.5. The summed E-state index contributed by atoms with van der Waals surface area (Å²) in [5, 5.41) is 2.68. The minimum absolute atomic E-state index is 0.0578. The molecule has 0 atom stereocenters. The van der Waals surface area contributed by atoms with E-state index in [0.717, 1.165) is 24.3 Å². The first kappa shape index (κ1) is 20.3. The van der Waals surface area contributed by atoms with E-state index in [2.05, 4.69) is 5.32 Å². The molecule has 1 amide bonds. The fraction of sp³-hybridized carbons (Fsp3) is 0.235. The molecule has 0 aliphatic rings. The zero-order valence-electron chi connectivity index (χ0n) is 13.8. The van der Waals surface area contributed by atoms with Gasteiger partial charge < -0.3 is 5.32 Å². The van der Waals surface area contributed by atoms with Crippen LogP contribution in [0.2, 0.25) is 5.02 Å². The Morgan fingerprint density at radius 2 is 1.46 bits per heavy atom. The number of hydrogen-bond donors (Lipinski definition) is 1. The van der Waals surface area contributed by atoms with Crippen molar-refractivity contribution in [2.45, 2.75) is 29.7 Å². The molecular formula is C17H15ClF3NO3S. The molecule has 0 spiro atoms. The third-order valence-electron chi connectivity index (χ3n) is 3.81. The summed E-state index contributed by atoms with van der Waals surface area (Å²) in [5.41, 5.74) is -0.814. The van der Waals surface area contributed by atoms with Crippen LogP contribution in [0.25, 0.3) is 0 Å². The van der Waals surface area contributed by atoms with Gasteiger partial charge in [0, 0.05) is 10.7 Å². The van der Waals surface area contributed by atoms with Crippen LogP contribution in [0.3, 0.4) is 0 Å². The number of sulfone groups is 1. The molecule has 26 heavy (non-hydrogen) atoms. The second kappa shape index (κ2) is 6.92. The molecule has 140 valence electrons. The molecule has 0 aliphatic carbocycles. The highest BCUT2D eigenvalue weighted by molar-refractivity contribution is 7.93. The second-order valence-electron chi connectivity index (χ2n) is 6.00. The van der Waals surface area contributed by atoms with Gasteiger partial charge >= 0.3 is 6.18 Å². The van der Waals surface area contributed by atoms with Crippen LogP contribution in [-0.2, 0) is 20.8 Å². The van der Waals surface area contributed by atoms with Crippen molar-refractivity contribution < 1.29 is 26.4 Å². The summed E-state index contributed by atoms with van der Waals surface area (Å²) in [4.78, 5) is 12.4. The van der Waals surface area contributed by atoms with E-state index in [4.69, 9.17) is 11.6 Å². The second-order valence-corrected chi connectivity index (χ2v) is 8.93. The van der Waals surface area contributed by atoms with Crippen LogP contribution in [0.15, 0.2) is 53.4 Å². The lowest BCUT2D eigenvalue weighted by molar-refractivity contribution is -0.137. The molecule has 0 heterocycles. The third kappa shape index (κ3) is 4.02. The standard InChI is InChI=1S/C17H15ClF3NO3S/c1-16(2,26(24,25)14-9-5-12(18)6-10-14)15(23)22-13-7-3-11(4-8-13)17(19,20)21/h3-10H,1-2H3,(H,22,23). The lowest BCUT2D eigenvalue weighted by Gasteiger charge is -2.24. The zero-order valence-corrected chi connectivity index (χ0v) is 15.3. The van der Waals surface area contributed by atoms with E-state index in [1.165, 1.54) is 38.1 Å². The largest absolute Gasteiger partial charge is 0.416 e. The first-order valence-electron chi connectivity index (χ1n) is 7.34. The lowest BCUT2D eigenvalue weighted by atomic mass is 10.1. The van der Waals surface area contributed by atoms with Crippen LogP contribution >= 0.6 is 11.6 Å². The number of halogens is 4. The van der Waals surface area contributed by atoms with Crippen molar-refractivity contribution in [1.82, 2.24) is 0 Å². The molecule has 0 saturated carbocycles. The SMILES string of the molecule is CC(C)(C(=O)Nc1ccc(C(F)(F)F)cc1)S(=O)(=O)c1ccc(Cl)cc1. The number of anilines is 1. The van der Waals surface area contributed by atoms with E-state index < -0.39 is 32.2 Å². The fourth-order valence-electron chi connectivity index (χ4n) is 2.05. The van der Waals surface area contributed by atoms with Crippen molar-refractivity contribution >= 4 is 33.0 Å². The Morgan fingerprint density at radius 1 is 0.962 bits per heavy atom. The van der Waals surface area contributed by atoms with Crippen molar-refractivity contribution in [3.8, 4) is 0 Å². The smallest absolute Gasteiger partial charge is 0.325 e. The van der Waals surface area contributed by atoms with Crippen molar-refractivity contribution in [1.29, 1.82) is 0 Å². The minimum atomic E-state index is -4.50. The molecule has 2 rings (SSSR count). The summed E-state index contributed by atoms with van der Waals surface area (Å²) in [7, 11) is -4.06. The van der Waals surface area contributed by atoms with Gasteiger partial charge in [-0.05, 0) is 62.4 Å². The van der Waals surface area contributed by atoms with Gasteiger partial charge in [-0.2, -0.15) is 13.2 Å². The van der Waals surface area contributed by atoms with Crippen LogP contribution < -0.4 is 5.32 Å². The van der Waals surface area contributed by atoms with Gasteiger partial charge in [0.05, 0.1) is 10.5 Å². The monoisotopic (exact) mass is 405 g/mol. The highest BCUT2D eigenvalue weighted by Crippen LogP contribution is 2.31. The molecule has 9 heteroatoms.